The number of halogens is 1. The molecule has 9 heteroatoms. The van der Waals surface area contributed by atoms with Crippen molar-refractivity contribution in [2.24, 2.45) is 10.9 Å². The molecule has 30 heavy (non-hydrogen) atoms. The number of nitrogens with one attached hydrogen (secondary N) is 2. The highest BCUT2D eigenvalue weighted by atomic mass is 127. The number of nitrogens with zero attached hydrogens (tertiary/aromatic N) is 4. The molecular formula is C21H37IN6OS. The number of likely N-dealkylation sites (tertiary alicyclic amines) is 1. The van der Waals surface area contributed by atoms with Gasteiger partial charge in [0.25, 0.3) is 0 Å². The van der Waals surface area contributed by atoms with Crippen LogP contribution in [0.1, 0.15) is 30.7 Å². The van der Waals surface area contributed by atoms with Crippen molar-refractivity contribution >= 4 is 47.2 Å². The van der Waals surface area contributed by atoms with Crippen molar-refractivity contribution in [2.75, 3.05) is 66.5 Å². The number of hydrogen-bond donors (Lipinski definition) is 2. The molecule has 1 amide bonds. The molecule has 0 bridgehead atoms. The summed E-state index contributed by atoms with van der Waals surface area (Å²) in [7, 11) is 4.08. The molecule has 2 fully saturated rings. The highest BCUT2D eigenvalue weighted by molar-refractivity contribution is 14.0. The Morgan fingerprint density at radius 3 is 2.63 bits per heavy atom. The van der Waals surface area contributed by atoms with E-state index in [-0.39, 0.29) is 29.9 Å². The fourth-order valence-corrected chi connectivity index (χ4v) is 5.43. The van der Waals surface area contributed by atoms with E-state index in [0.29, 0.717) is 12.0 Å². The highest BCUT2D eigenvalue weighted by Gasteiger charge is 2.31. The fourth-order valence-electron chi connectivity index (χ4n) is 4.45. The van der Waals surface area contributed by atoms with Gasteiger partial charge in [-0.3, -0.25) is 19.6 Å². The first-order chi connectivity index (χ1) is 14.1. The molecule has 3 heterocycles. The van der Waals surface area contributed by atoms with E-state index in [1.165, 1.54) is 24.3 Å². The van der Waals surface area contributed by atoms with Gasteiger partial charge in [0.1, 0.15) is 0 Å². The highest BCUT2D eigenvalue weighted by Crippen LogP contribution is 2.36. The van der Waals surface area contributed by atoms with Gasteiger partial charge in [-0.2, -0.15) is 0 Å². The number of carbonyl (C=O) groups is 1. The predicted octanol–water partition coefficient (Wildman–Crippen LogP) is 2.08. The predicted molar refractivity (Wildman–Crippen MR) is 136 cm³/mol. The topological polar surface area (TPSA) is 63.2 Å². The summed E-state index contributed by atoms with van der Waals surface area (Å²) in [5.41, 5.74) is 0. The van der Waals surface area contributed by atoms with Crippen molar-refractivity contribution in [3.63, 3.8) is 0 Å². The number of piperidine rings is 1. The minimum absolute atomic E-state index is 0. The van der Waals surface area contributed by atoms with E-state index >= 15 is 0 Å². The van der Waals surface area contributed by atoms with Gasteiger partial charge >= 0.3 is 0 Å². The number of amides is 1. The van der Waals surface area contributed by atoms with Gasteiger partial charge in [0.15, 0.2) is 5.96 Å². The maximum absolute atomic E-state index is 11.4. The maximum Gasteiger partial charge on any atom is 0.219 e. The van der Waals surface area contributed by atoms with Gasteiger partial charge in [0.05, 0.1) is 0 Å². The average molecular weight is 549 g/mol. The lowest BCUT2D eigenvalue weighted by atomic mass is 9.88. The average Bonchev–Trinajstić information content (AvgIpc) is 3.25. The van der Waals surface area contributed by atoms with Gasteiger partial charge in [-0.15, -0.1) is 35.3 Å². The lowest BCUT2D eigenvalue weighted by Gasteiger charge is -2.39. The van der Waals surface area contributed by atoms with Crippen molar-refractivity contribution < 1.29 is 4.79 Å². The Hall–Kier alpha value is -0.910. The van der Waals surface area contributed by atoms with Crippen molar-refractivity contribution in [2.45, 2.75) is 25.8 Å². The van der Waals surface area contributed by atoms with Gasteiger partial charge in [-0.25, -0.2) is 0 Å². The van der Waals surface area contributed by atoms with Gasteiger partial charge in [-0.1, -0.05) is 6.07 Å². The summed E-state index contributed by atoms with van der Waals surface area (Å²) < 4.78 is 0. The van der Waals surface area contributed by atoms with E-state index in [1.807, 2.05) is 23.3 Å². The van der Waals surface area contributed by atoms with E-state index in [9.17, 15) is 4.79 Å². The molecule has 2 saturated heterocycles. The number of guanidine groups is 1. The molecule has 2 aliphatic heterocycles. The van der Waals surface area contributed by atoms with E-state index < -0.39 is 0 Å². The van der Waals surface area contributed by atoms with Gasteiger partial charge in [-0.05, 0) is 43.8 Å². The number of piperazine rings is 1. The van der Waals surface area contributed by atoms with Crippen LogP contribution in [0.25, 0.3) is 0 Å². The summed E-state index contributed by atoms with van der Waals surface area (Å²) in [6.07, 6.45) is 2.50. The first kappa shape index (κ1) is 25.4. The van der Waals surface area contributed by atoms with Gasteiger partial charge in [0, 0.05) is 70.7 Å². The first-order valence-corrected chi connectivity index (χ1v) is 11.6. The zero-order valence-electron chi connectivity index (χ0n) is 18.5. The SMILES string of the molecule is CN=C(NCCN1CCN(C(C)=O)CC1)NCC1CCCN(C)C1c1cccs1.I. The largest absolute Gasteiger partial charge is 0.356 e. The third-order valence-corrected chi connectivity index (χ3v) is 7.08. The third-order valence-electron chi connectivity index (χ3n) is 6.14. The van der Waals surface area contributed by atoms with Gasteiger partial charge < -0.3 is 15.5 Å². The fraction of sp³-hybridized carbons (Fsp3) is 0.714. The van der Waals surface area contributed by atoms with Crippen molar-refractivity contribution in [3.8, 4) is 0 Å². The molecule has 2 N–H and O–H groups in total. The maximum atomic E-state index is 11.4. The van der Waals surface area contributed by atoms with Gasteiger partial charge in [0.2, 0.25) is 5.91 Å². The Labute approximate surface area is 202 Å². The van der Waals surface area contributed by atoms with Crippen LogP contribution in [-0.2, 0) is 4.79 Å². The molecule has 1 aromatic heterocycles. The van der Waals surface area contributed by atoms with Crippen LogP contribution in [-0.4, -0.2) is 93.0 Å². The molecule has 0 aliphatic carbocycles. The molecule has 2 atom stereocenters. The number of hydrogen-bond acceptors (Lipinski definition) is 5. The molecule has 7 nitrogen and oxygen atoms in total. The zero-order chi connectivity index (χ0) is 20.6. The van der Waals surface area contributed by atoms with Crippen LogP contribution in [0.4, 0.5) is 0 Å². The summed E-state index contributed by atoms with van der Waals surface area (Å²) in [6.45, 7) is 9.15. The smallest absolute Gasteiger partial charge is 0.219 e. The standard InChI is InChI=1S/C21H36N6OS.HI/c1-17(28)27-13-11-26(12-14-27)10-8-23-21(22-2)24-16-18-6-4-9-25(3)20(18)19-7-5-15-29-19;/h5,7,15,18,20H,4,6,8-14,16H2,1-3H3,(H2,22,23,24);1H. The molecule has 0 aromatic carbocycles. The molecule has 0 spiro atoms. The molecule has 2 unspecified atom stereocenters. The summed E-state index contributed by atoms with van der Waals surface area (Å²) in [5, 5.41) is 9.19. The van der Waals surface area contributed by atoms with Crippen LogP contribution in [0.5, 0.6) is 0 Å². The van der Waals surface area contributed by atoms with E-state index in [1.54, 1.807) is 6.92 Å². The lowest BCUT2D eigenvalue weighted by molar-refractivity contribution is -0.130. The number of thiophene rings is 1. The van der Waals surface area contributed by atoms with Crippen LogP contribution in [0.2, 0.25) is 0 Å². The van der Waals surface area contributed by atoms with Crippen molar-refractivity contribution in [1.29, 1.82) is 0 Å². The van der Waals surface area contributed by atoms with Crippen LogP contribution in [0.3, 0.4) is 0 Å². The molecule has 170 valence electrons. The first-order valence-electron chi connectivity index (χ1n) is 10.7. The quantitative estimate of drug-likeness (QED) is 0.324. The van der Waals surface area contributed by atoms with Crippen LogP contribution in [0.15, 0.2) is 22.5 Å². The molecule has 2 aliphatic rings. The molecule has 3 rings (SSSR count). The summed E-state index contributed by atoms with van der Waals surface area (Å²) >= 11 is 1.86. The molecule has 1 aromatic rings. The summed E-state index contributed by atoms with van der Waals surface area (Å²) in [4.78, 5) is 24.1. The molecule has 0 radical (unpaired) electrons. The van der Waals surface area contributed by atoms with Crippen molar-refractivity contribution in [1.82, 2.24) is 25.3 Å². The second-order valence-corrected chi connectivity index (χ2v) is 9.05. The molecule has 0 saturated carbocycles. The van der Waals surface area contributed by atoms with Crippen LogP contribution >= 0.6 is 35.3 Å². The lowest BCUT2D eigenvalue weighted by Crippen LogP contribution is -2.50. The second kappa shape index (κ2) is 12.8. The Bertz CT molecular complexity index is 662. The van der Waals surface area contributed by atoms with E-state index in [2.05, 4.69) is 50.0 Å². The number of rotatable bonds is 6. The van der Waals surface area contributed by atoms with E-state index in [0.717, 1.165) is 51.8 Å². The zero-order valence-corrected chi connectivity index (χ0v) is 21.6. The minimum Gasteiger partial charge on any atom is -0.356 e. The summed E-state index contributed by atoms with van der Waals surface area (Å²) in [5.74, 6) is 1.65. The van der Waals surface area contributed by atoms with E-state index in [4.69, 9.17) is 0 Å². The Kier molecular flexibility index (Phi) is 10.8. The minimum atomic E-state index is 0. The normalized spacial score (nSPS) is 23.7. The number of aliphatic imine (C=N–C) groups is 1. The Morgan fingerprint density at radius 1 is 1.23 bits per heavy atom. The Morgan fingerprint density at radius 2 is 2.00 bits per heavy atom. The van der Waals surface area contributed by atoms with Crippen LogP contribution < -0.4 is 10.6 Å². The molecular weight excluding hydrogens is 511 g/mol. The van der Waals surface area contributed by atoms with Crippen LogP contribution in [0, 0.1) is 5.92 Å². The third kappa shape index (κ3) is 7.06. The number of carbonyl (C=O) groups excluding carboxylic acids is 1. The second-order valence-electron chi connectivity index (χ2n) is 8.07. The summed E-state index contributed by atoms with van der Waals surface area (Å²) in [6, 6.07) is 4.92. The Balaban J connectivity index is 0.00000320. The monoisotopic (exact) mass is 548 g/mol. The van der Waals surface area contributed by atoms with Crippen molar-refractivity contribution in [3.05, 3.63) is 22.4 Å².